The Balaban J connectivity index is 1.36. The number of fused-ring (bicyclic) bond motifs is 1. The molecule has 3 aromatic rings. The van der Waals surface area contributed by atoms with Gasteiger partial charge in [-0.3, -0.25) is 9.78 Å². The molecule has 3 heterocycles. The Hall–Kier alpha value is -2.60. The molecule has 1 aromatic carbocycles. The highest BCUT2D eigenvalue weighted by Gasteiger charge is 2.25. The zero-order valence-electron chi connectivity index (χ0n) is 14.4. The van der Waals surface area contributed by atoms with Gasteiger partial charge in [0.05, 0.1) is 11.9 Å². The van der Waals surface area contributed by atoms with Crippen LogP contribution < -0.4 is 10.2 Å². The molecule has 1 fully saturated rings. The number of carbonyl (C=O) groups excluding carboxylic acids is 1. The van der Waals surface area contributed by atoms with Crippen molar-refractivity contribution in [1.82, 2.24) is 15.3 Å². The number of hydrogen-bond acceptors (Lipinski definition) is 5. The molecule has 26 heavy (non-hydrogen) atoms. The van der Waals surface area contributed by atoms with Crippen molar-refractivity contribution >= 4 is 34.3 Å². The van der Waals surface area contributed by atoms with Crippen LogP contribution in [0.15, 0.2) is 41.1 Å². The molecule has 2 aromatic heterocycles. The van der Waals surface area contributed by atoms with Gasteiger partial charge in [-0.15, -0.1) is 0 Å². The van der Waals surface area contributed by atoms with Crippen molar-refractivity contribution in [3.8, 4) is 0 Å². The summed E-state index contributed by atoms with van der Waals surface area (Å²) in [5, 5.41) is 3.65. The number of aromatic nitrogens is 2. The molecule has 0 unspecified atom stereocenters. The summed E-state index contributed by atoms with van der Waals surface area (Å²) in [5.41, 5.74) is 3.53. The third-order valence-electron chi connectivity index (χ3n) is 4.49. The van der Waals surface area contributed by atoms with E-state index in [-0.39, 0.29) is 18.4 Å². The third-order valence-corrected chi connectivity index (χ3v) is 4.72. The topological polar surface area (TPSA) is 71.3 Å². The zero-order chi connectivity index (χ0) is 18.1. The van der Waals surface area contributed by atoms with E-state index in [0.717, 1.165) is 30.8 Å². The molecule has 1 saturated heterocycles. The Bertz CT molecular complexity index is 956. The number of oxazole rings is 1. The molecular formula is C19H19ClN4O2. The Kier molecular flexibility index (Phi) is 4.51. The molecule has 0 bridgehead atoms. The largest absolute Gasteiger partial charge is 0.440 e. The van der Waals surface area contributed by atoms with Crippen LogP contribution >= 0.6 is 11.6 Å². The van der Waals surface area contributed by atoms with Crippen LogP contribution in [0.2, 0.25) is 5.02 Å². The van der Waals surface area contributed by atoms with Crippen LogP contribution in [0.5, 0.6) is 0 Å². The number of nitrogens with one attached hydrogen (secondary N) is 1. The number of rotatable bonds is 4. The van der Waals surface area contributed by atoms with Gasteiger partial charge in [-0.1, -0.05) is 11.6 Å². The Morgan fingerprint density at radius 3 is 3.12 bits per heavy atom. The minimum atomic E-state index is -0.0862. The summed E-state index contributed by atoms with van der Waals surface area (Å²) in [4.78, 5) is 23.2. The molecule has 134 valence electrons. The molecule has 1 amide bonds. The highest BCUT2D eigenvalue weighted by molar-refractivity contribution is 6.31. The maximum atomic E-state index is 12.3. The second-order valence-corrected chi connectivity index (χ2v) is 7.05. The maximum Gasteiger partial charge on any atom is 0.229 e. The van der Waals surface area contributed by atoms with Crippen molar-refractivity contribution in [3.63, 3.8) is 0 Å². The minimum Gasteiger partial charge on any atom is -0.440 e. The average molecular weight is 371 g/mol. The molecular weight excluding hydrogens is 352 g/mol. The summed E-state index contributed by atoms with van der Waals surface area (Å²) >= 11 is 5.94. The van der Waals surface area contributed by atoms with Crippen molar-refractivity contribution in [2.75, 3.05) is 18.0 Å². The normalized spacial score (nSPS) is 17.0. The first kappa shape index (κ1) is 16.8. The summed E-state index contributed by atoms with van der Waals surface area (Å²) in [6.45, 7) is 3.71. The molecule has 0 radical (unpaired) electrons. The van der Waals surface area contributed by atoms with E-state index in [4.69, 9.17) is 16.0 Å². The van der Waals surface area contributed by atoms with E-state index < -0.39 is 0 Å². The molecule has 6 nitrogen and oxygen atoms in total. The van der Waals surface area contributed by atoms with Gasteiger partial charge in [0.1, 0.15) is 11.9 Å². The standard InChI is InChI=1S/C19H19ClN4O2/c1-12-6-15(10-21-9-12)24-5-4-14(11-24)22-18(25)8-19-23-16-3-2-13(20)7-17(16)26-19/h2-3,6-7,9-10,14H,4-5,8,11H2,1H3,(H,22,25)/t14-/m1/s1. The lowest BCUT2D eigenvalue weighted by atomic mass is 10.2. The average Bonchev–Trinajstić information content (AvgIpc) is 3.20. The van der Waals surface area contributed by atoms with Crippen molar-refractivity contribution in [2.45, 2.75) is 25.8 Å². The lowest BCUT2D eigenvalue weighted by Crippen LogP contribution is -2.38. The highest BCUT2D eigenvalue weighted by Crippen LogP contribution is 2.22. The highest BCUT2D eigenvalue weighted by atomic mass is 35.5. The fourth-order valence-corrected chi connectivity index (χ4v) is 3.42. The first-order valence-electron chi connectivity index (χ1n) is 8.58. The van der Waals surface area contributed by atoms with Gasteiger partial charge >= 0.3 is 0 Å². The third kappa shape index (κ3) is 3.65. The molecule has 1 N–H and O–H groups in total. The van der Waals surface area contributed by atoms with Gasteiger partial charge in [-0.2, -0.15) is 0 Å². The van der Waals surface area contributed by atoms with Crippen molar-refractivity contribution < 1.29 is 9.21 Å². The van der Waals surface area contributed by atoms with Crippen molar-refractivity contribution in [3.05, 3.63) is 53.1 Å². The molecule has 1 aliphatic heterocycles. The predicted octanol–water partition coefficient (Wildman–Crippen LogP) is 3.12. The summed E-state index contributed by atoms with van der Waals surface area (Å²) in [7, 11) is 0. The second-order valence-electron chi connectivity index (χ2n) is 6.62. The first-order valence-corrected chi connectivity index (χ1v) is 8.95. The van der Waals surface area contributed by atoms with Crippen LogP contribution in [0.1, 0.15) is 17.9 Å². The van der Waals surface area contributed by atoms with E-state index in [1.807, 2.05) is 19.3 Å². The summed E-state index contributed by atoms with van der Waals surface area (Å²) in [6.07, 6.45) is 4.73. The number of benzene rings is 1. The number of aryl methyl sites for hydroxylation is 1. The van der Waals surface area contributed by atoms with E-state index in [0.29, 0.717) is 22.0 Å². The Morgan fingerprint density at radius 1 is 1.38 bits per heavy atom. The predicted molar refractivity (Wildman–Crippen MR) is 100 cm³/mol. The van der Waals surface area contributed by atoms with Crippen molar-refractivity contribution in [1.29, 1.82) is 0 Å². The fraction of sp³-hybridized carbons (Fsp3) is 0.316. The molecule has 1 aliphatic rings. The summed E-state index contributed by atoms with van der Waals surface area (Å²) < 4.78 is 5.61. The van der Waals surface area contributed by atoms with Crippen LogP contribution in [-0.4, -0.2) is 35.0 Å². The molecule has 0 spiro atoms. The van der Waals surface area contributed by atoms with E-state index >= 15 is 0 Å². The zero-order valence-corrected chi connectivity index (χ0v) is 15.2. The van der Waals surface area contributed by atoms with Gasteiger partial charge in [-0.25, -0.2) is 4.98 Å². The number of hydrogen-bond donors (Lipinski definition) is 1. The lowest BCUT2D eigenvalue weighted by Gasteiger charge is -2.19. The SMILES string of the molecule is Cc1cncc(N2CC[C@@H](NC(=O)Cc3nc4ccc(Cl)cc4o3)C2)c1. The van der Waals surface area contributed by atoms with E-state index in [9.17, 15) is 4.79 Å². The summed E-state index contributed by atoms with van der Waals surface area (Å²) in [6, 6.07) is 7.47. The number of anilines is 1. The molecule has 0 aliphatic carbocycles. The van der Waals surface area contributed by atoms with E-state index in [2.05, 4.69) is 26.3 Å². The van der Waals surface area contributed by atoms with Gasteiger partial charge in [-0.05, 0) is 37.1 Å². The Labute approximate surface area is 156 Å². The number of pyridine rings is 1. The van der Waals surface area contributed by atoms with Gasteiger partial charge in [0, 0.05) is 36.4 Å². The molecule has 1 atom stereocenters. The minimum absolute atomic E-state index is 0.0862. The monoisotopic (exact) mass is 370 g/mol. The van der Waals surface area contributed by atoms with Crippen LogP contribution in [0.25, 0.3) is 11.1 Å². The van der Waals surface area contributed by atoms with Gasteiger partial charge in [0.25, 0.3) is 0 Å². The Morgan fingerprint density at radius 2 is 2.27 bits per heavy atom. The fourth-order valence-electron chi connectivity index (χ4n) is 3.26. The van der Waals surface area contributed by atoms with Gasteiger partial charge in [0.2, 0.25) is 11.8 Å². The van der Waals surface area contributed by atoms with Crippen LogP contribution in [0.3, 0.4) is 0 Å². The quantitative estimate of drug-likeness (QED) is 0.764. The smallest absolute Gasteiger partial charge is 0.229 e. The van der Waals surface area contributed by atoms with Crippen molar-refractivity contribution in [2.24, 2.45) is 0 Å². The molecule has 7 heteroatoms. The molecule has 4 rings (SSSR count). The van der Waals surface area contributed by atoms with Crippen LogP contribution in [0, 0.1) is 6.92 Å². The lowest BCUT2D eigenvalue weighted by molar-refractivity contribution is -0.121. The molecule has 0 saturated carbocycles. The first-order chi connectivity index (χ1) is 12.6. The summed E-state index contributed by atoms with van der Waals surface area (Å²) in [5.74, 6) is 0.314. The van der Waals surface area contributed by atoms with E-state index in [1.165, 1.54) is 0 Å². The number of halogens is 1. The number of carbonyl (C=O) groups is 1. The van der Waals surface area contributed by atoms with Crippen LogP contribution in [-0.2, 0) is 11.2 Å². The van der Waals surface area contributed by atoms with Gasteiger partial charge in [0.15, 0.2) is 5.58 Å². The maximum absolute atomic E-state index is 12.3. The van der Waals surface area contributed by atoms with Gasteiger partial charge < -0.3 is 14.6 Å². The number of amides is 1. The second kappa shape index (κ2) is 6.96. The number of nitrogens with zero attached hydrogens (tertiary/aromatic N) is 3. The van der Waals surface area contributed by atoms with Crippen LogP contribution in [0.4, 0.5) is 5.69 Å². The van der Waals surface area contributed by atoms with E-state index in [1.54, 1.807) is 18.2 Å².